The van der Waals surface area contributed by atoms with Crippen LogP contribution in [0.2, 0.25) is 0 Å². The summed E-state index contributed by atoms with van der Waals surface area (Å²) >= 11 is 0. The molecule has 17 heavy (non-hydrogen) atoms. The Morgan fingerprint density at radius 1 is 1.18 bits per heavy atom. The summed E-state index contributed by atoms with van der Waals surface area (Å²) in [6.45, 7) is 0. The quantitative estimate of drug-likeness (QED) is 0.871. The number of hydrogen-bond donors (Lipinski definition) is 1. The van der Waals surface area contributed by atoms with Gasteiger partial charge in [-0.1, -0.05) is 0 Å². The van der Waals surface area contributed by atoms with E-state index in [4.69, 9.17) is 10.5 Å². The first-order valence-electron chi connectivity index (χ1n) is 4.86. The standard InChI is InChI=1S/C12H10F2N2O/c1-17-8-2-3-10(13)9(5-8)7-4-11(14)12(15)16-6-7/h2-6H,1H3,(H2,15,16). The van der Waals surface area contributed by atoms with E-state index in [0.717, 1.165) is 6.07 Å². The maximum atomic E-state index is 13.6. The number of benzene rings is 1. The molecule has 0 aliphatic heterocycles. The number of hydrogen-bond acceptors (Lipinski definition) is 3. The molecule has 0 spiro atoms. The van der Waals surface area contributed by atoms with Crippen LogP contribution in [-0.2, 0) is 0 Å². The minimum Gasteiger partial charge on any atom is -0.497 e. The highest BCUT2D eigenvalue weighted by Crippen LogP contribution is 2.27. The van der Waals surface area contributed by atoms with Gasteiger partial charge in [0, 0.05) is 17.3 Å². The van der Waals surface area contributed by atoms with Gasteiger partial charge in [-0.15, -0.1) is 0 Å². The van der Waals surface area contributed by atoms with Crippen LogP contribution in [0.3, 0.4) is 0 Å². The van der Waals surface area contributed by atoms with E-state index in [1.165, 1.54) is 31.5 Å². The monoisotopic (exact) mass is 236 g/mol. The lowest BCUT2D eigenvalue weighted by Crippen LogP contribution is -1.96. The van der Waals surface area contributed by atoms with Crippen molar-refractivity contribution >= 4 is 5.82 Å². The van der Waals surface area contributed by atoms with Crippen molar-refractivity contribution in [2.24, 2.45) is 0 Å². The summed E-state index contributed by atoms with van der Waals surface area (Å²) in [5, 5.41) is 0. The number of anilines is 1. The molecule has 0 unspecified atom stereocenters. The summed E-state index contributed by atoms with van der Waals surface area (Å²) in [5.74, 6) is -0.878. The Hall–Kier alpha value is -2.17. The van der Waals surface area contributed by atoms with Crippen molar-refractivity contribution in [1.29, 1.82) is 0 Å². The van der Waals surface area contributed by atoms with Crippen molar-refractivity contribution in [3.8, 4) is 16.9 Å². The molecule has 0 fully saturated rings. The molecule has 5 heteroatoms. The van der Waals surface area contributed by atoms with E-state index in [1.807, 2.05) is 0 Å². The van der Waals surface area contributed by atoms with Crippen molar-refractivity contribution in [2.75, 3.05) is 12.8 Å². The Kier molecular flexibility index (Phi) is 2.91. The van der Waals surface area contributed by atoms with E-state index in [-0.39, 0.29) is 11.4 Å². The second-order valence-electron chi connectivity index (χ2n) is 3.44. The van der Waals surface area contributed by atoms with E-state index in [0.29, 0.717) is 11.3 Å². The average Bonchev–Trinajstić information content (AvgIpc) is 2.33. The van der Waals surface area contributed by atoms with Crippen molar-refractivity contribution < 1.29 is 13.5 Å². The number of halogens is 2. The molecule has 0 aliphatic carbocycles. The van der Waals surface area contributed by atoms with Gasteiger partial charge in [0.2, 0.25) is 0 Å². The van der Waals surface area contributed by atoms with E-state index in [9.17, 15) is 8.78 Å². The second kappa shape index (κ2) is 4.37. The van der Waals surface area contributed by atoms with Crippen LogP contribution >= 0.6 is 0 Å². The Balaban J connectivity index is 2.55. The fourth-order valence-electron chi connectivity index (χ4n) is 1.45. The average molecular weight is 236 g/mol. The first-order chi connectivity index (χ1) is 8.11. The zero-order valence-corrected chi connectivity index (χ0v) is 9.08. The summed E-state index contributed by atoms with van der Waals surface area (Å²) in [6.07, 6.45) is 1.32. The third-order valence-electron chi connectivity index (χ3n) is 2.35. The number of nitrogens with two attached hydrogens (primary N) is 1. The summed E-state index contributed by atoms with van der Waals surface area (Å²) in [4.78, 5) is 3.65. The van der Waals surface area contributed by atoms with Gasteiger partial charge in [0.05, 0.1) is 7.11 Å². The van der Waals surface area contributed by atoms with Crippen molar-refractivity contribution in [2.45, 2.75) is 0 Å². The number of ether oxygens (including phenoxy) is 1. The summed E-state index contributed by atoms with van der Waals surface area (Å²) in [6, 6.07) is 5.35. The van der Waals surface area contributed by atoms with Gasteiger partial charge in [-0.05, 0) is 24.3 Å². The minimum absolute atomic E-state index is 0.211. The number of nitrogen functional groups attached to an aromatic ring is 1. The van der Waals surface area contributed by atoms with Gasteiger partial charge >= 0.3 is 0 Å². The number of rotatable bonds is 2. The van der Waals surface area contributed by atoms with Gasteiger partial charge < -0.3 is 10.5 Å². The molecule has 1 heterocycles. The second-order valence-corrected chi connectivity index (χ2v) is 3.44. The number of methoxy groups -OCH3 is 1. The lowest BCUT2D eigenvalue weighted by atomic mass is 10.1. The molecule has 1 aromatic heterocycles. The largest absolute Gasteiger partial charge is 0.497 e. The first-order valence-corrected chi connectivity index (χ1v) is 4.86. The molecule has 0 saturated heterocycles. The van der Waals surface area contributed by atoms with Crippen LogP contribution in [0, 0.1) is 11.6 Å². The van der Waals surface area contributed by atoms with Crippen LogP contribution in [-0.4, -0.2) is 12.1 Å². The summed E-state index contributed by atoms with van der Waals surface area (Å²) < 4.78 is 31.8. The molecule has 0 aliphatic rings. The number of nitrogens with zero attached hydrogens (tertiary/aromatic N) is 1. The van der Waals surface area contributed by atoms with E-state index in [1.54, 1.807) is 0 Å². The molecule has 0 radical (unpaired) electrons. The van der Waals surface area contributed by atoms with Gasteiger partial charge in [-0.2, -0.15) is 0 Å². The molecule has 0 amide bonds. The Morgan fingerprint density at radius 2 is 1.94 bits per heavy atom. The van der Waals surface area contributed by atoms with E-state index < -0.39 is 11.6 Å². The molecule has 2 rings (SSSR count). The number of aromatic nitrogens is 1. The van der Waals surface area contributed by atoms with Crippen molar-refractivity contribution in [3.63, 3.8) is 0 Å². The Morgan fingerprint density at radius 3 is 2.59 bits per heavy atom. The van der Waals surface area contributed by atoms with Crippen LogP contribution in [0.15, 0.2) is 30.5 Å². The molecule has 2 N–H and O–H groups in total. The molecule has 0 atom stereocenters. The molecule has 0 saturated carbocycles. The third kappa shape index (κ3) is 2.18. The van der Waals surface area contributed by atoms with Gasteiger partial charge in [0.15, 0.2) is 11.6 Å². The Labute approximate surface area is 96.9 Å². The lowest BCUT2D eigenvalue weighted by molar-refractivity contribution is 0.414. The predicted molar refractivity (Wildman–Crippen MR) is 60.6 cm³/mol. The summed E-state index contributed by atoms with van der Waals surface area (Å²) in [7, 11) is 1.47. The molecule has 2 aromatic rings. The van der Waals surface area contributed by atoms with Gasteiger partial charge in [0.1, 0.15) is 11.6 Å². The van der Waals surface area contributed by atoms with Crippen LogP contribution in [0.4, 0.5) is 14.6 Å². The highest BCUT2D eigenvalue weighted by molar-refractivity contribution is 5.66. The molecule has 88 valence electrons. The SMILES string of the molecule is COc1ccc(F)c(-c2cnc(N)c(F)c2)c1. The van der Waals surface area contributed by atoms with Crippen molar-refractivity contribution in [3.05, 3.63) is 42.1 Å². The zero-order chi connectivity index (χ0) is 12.4. The van der Waals surface area contributed by atoms with Gasteiger partial charge in [0.25, 0.3) is 0 Å². The fourth-order valence-corrected chi connectivity index (χ4v) is 1.45. The van der Waals surface area contributed by atoms with Crippen LogP contribution < -0.4 is 10.5 Å². The Bertz CT molecular complexity index is 558. The smallest absolute Gasteiger partial charge is 0.165 e. The third-order valence-corrected chi connectivity index (χ3v) is 2.35. The van der Waals surface area contributed by atoms with Crippen LogP contribution in [0.1, 0.15) is 0 Å². The maximum Gasteiger partial charge on any atom is 0.165 e. The maximum absolute atomic E-state index is 13.6. The highest BCUT2D eigenvalue weighted by Gasteiger charge is 2.09. The van der Waals surface area contributed by atoms with E-state index >= 15 is 0 Å². The first kappa shape index (κ1) is 11.3. The molecular formula is C12H10F2N2O. The molecule has 0 bridgehead atoms. The molecule has 3 nitrogen and oxygen atoms in total. The zero-order valence-electron chi connectivity index (χ0n) is 9.08. The number of pyridine rings is 1. The summed E-state index contributed by atoms with van der Waals surface area (Å²) in [5.41, 5.74) is 5.79. The fraction of sp³-hybridized carbons (Fsp3) is 0.0833. The normalized spacial score (nSPS) is 10.3. The van der Waals surface area contributed by atoms with Crippen LogP contribution in [0.5, 0.6) is 5.75 Å². The minimum atomic E-state index is -0.676. The predicted octanol–water partition coefficient (Wildman–Crippen LogP) is 2.62. The van der Waals surface area contributed by atoms with Gasteiger partial charge in [-0.25, -0.2) is 13.8 Å². The topological polar surface area (TPSA) is 48.1 Å². The lowest BCUT2D eigenvalue weighted by Gasteiger charge is -2.06. The van der Waals surface area contributed by atoms with Crippen molar-refractivity contribution in [1.82, 2.24) is 4.98 Å². The van der Waals surface area contributed by atoms with Crippen LogP contribution in [0.25, 0.3) is 11.1 Å². The van der Waals surface area contributed by atoms with E-state index in [2.05, 4.69) is 4.98 Å². The highest BCUT2D eigenvalue weighted by atomic mass is 19.1. The molecule has 1 aromatic carbocycles. The van der Waals surface area contributed by atoms with Gasteiger partial charge in [-0.3, -0.25) is 0 Å². The molecular weight excluding hydrogens is 226 g/mol.